The predicted octanol–water partition coefficient (Wildman–Crippen LogP) is 2.70. The van der Waals surface area contributed by atoms with Gasteiger partial charge in [0.05, 0.1) is 10.5 Å². The third-order valence-electron chi connectivity index (χ3n) is 3.03. The molecule has 0 unspecified atom stereocenters. The molecule has 0 aromatic heterocycles. The third-order valence-corrected chi connectivity index (χ3v) is 3.03. The molecular formula is C16H14N2O5. The predicted molar refractivity (Wildman–Crippen MR) is 83.2 cm³/mol. The van der Waals surface area contributed by atoms with E-state index in [9.17, 15) is 19.7 Å². The average molecular weight is 314 g/mol. The summed E-state index contributed by atoms with van der Waals surface area (Å²) in [7, 11) is 0. The van der Waals surface area contributed by atoms with Gasteiger partial charge >= 0.3 is 5.97 Å². The Morgan fingerprint density at radius 1 is 1.17 bits per heavy atom. The van der Waals surface area contributed by atoms with Crippen LogP contribution in [-0.4, -0.2) is 23.4 Å². The summed E-state index contributed by atoms with van der Waals surface area (Å²) in [5, 5.41) is 13.4. The Morgan fingerprint density at radius 2 is 1.87 bits per heavy atom. The highest BCUT2D eigenvalue weighted by molar-refractivity contribution is 5.95. The fourth-order valence-corrected chi connectivity index (χ4v) is 1.87. The van der Waals surface area contributed by atoms with Crippen LogP contribution < -0.4 is 5.32 Å². The van der Waals surface area contributed by atoms with Gasteiger partial charge in [0.15, 0.2) is 6.61 Å². The first-order valence-electron chi connectivity index (χ1n) is 6.74. The molecule has 0 fully saturated rings. The van der Waals surface area contributed by atoms with Gasteiger partial charge in [-0.25, -0.2) is 4.79 Å². The van der Waals surface area contributed by atoms with Crippen LogP contribution in [0, 0.1) is 17.0 Å². The van der Waals surface area contributed by atoms with Gasteiger partial charge < -0.3 is 10.1 Å². The van der Waals surface area contributed by atoms with Crippen LogP contribution in [0.2, 0.25) is 0 Å². The largest absolute Gasteiger partial charge is 0.452 e. The lowest BCUT2D eigenvalue weighted by molar-refractivity contribution is -0.385. The summed E-state index contributed by atoms with van der Waals surface area (Å²) in [5.74, 6) is -1.29. The molecule has 0 saturated carbocycles. The molecule has 2 aromatic carbocycles. The molecule has 0 saturated heterocycles. The summed E-state index contributed by atoms with van der Waals surface area (Å²) in [5.41, 5.74) is 0.871. The second-order valence-electron chi connectivity index (χ2n) is 4.75. The molecule has 7 nitrogen and oxygen atoms in total. The Kier molecular flexibility index (Phi) is 5.03. The van der Waals surface area contributed by atoms with Crippen molar-refractivity contribution in [1.29, 1.82) is 0 Å². The zero-order chi connectivity index (χ0) is 16.8. The Morgan fingerprint density at radius 3 is 2.52 bits per heavy atom. The highest BCUT2D eigenvalue weighted by Crippen LogP contribution is 2.19. The van der Waals surface area contributed by atoms with Crippen LogP contribution in [0.1, 0.15) is 15.9 Å². The number of anilines is 1. The van der Waals surface area contributed by atoms with Gasteiger partial charge in [0.25, 0.3) is 11.6 Å². The van der Waals surface area contributed by atoms with Crippen molar-refractivity contribution in [2.75, 3.05) is 11.9 Å². The second kappa shape index (κ2) is 7.17. The van der Waals surface area contributed by atoms with Gasteiger partial charge in [0.2, 0.25) is 0 Å². The highest BCUT2D eigenvalue weighted by atomic mass is 16.6. The van der Waals surface area contributed by atoms with Crippen molar-refractivity contribution in [3.05, 3.63) is 69.8 Å². The lowest BCUT2D eigenvalue weighted by Gasteiger charge is -2.07. The zero-order valence-corrected chi connectivity index (χ0v) is 12.3. The van der Waals surface area contributed by atoms with Crippen molar-refractivity contribution in [3.63, 3.8) is 0 Å². The van der Waals surface area contributed by atoms with Gasteiger partial charge in [-0.05, 0) is 25.1 Å². The molecule has 0 bridgehead atoms. The van der Waals surface area contributed by atoms with E-state index in [2.05, 4.69) is 5.32 Å². The number of ether oxygens (including phenoxy) is 1. The molecule has 7 heteroatoms. The number of rotatable bonds is 5. The maximum Gasteiger partial charge on any atom is 0.338 e. The van der Waals surface area contributed by atoms with Crippen LogP contribution in [-0.2, 0) is 9.53 Å². The fraction of sp³-hybridized carbons (Fsp3) is 0.125. The molecule has 0 aliphatic heterocycles. The molecule has 1 N–H and O–H groups in total. The minimum absolute atomic E-state index is 0.0230. The van der Waals surface area contributed by atoms with Crippen LogP contribution in [0.25, 0.3) is 0 Å². The number of hydrogen-bond donors (Lipinski definition) is 1. The number of aryl methyl sites for hydroxylation is 1. The summed E-state index contributed by atoms with van der Waals surface area (Å²) in [4.78, 5) is 33.8. The number of nitro groups is 1. The molecule has 0 heterocycles. The van der Waals surface area contributed by atoms with Crippen molar-refractivity contribution < 1.29 is 19.2 Å². The average Bonchev–Trinajstić information content (AvgIpc) is 2.53. The Balaban J connectivity index is 1.96. The van der Waals surface area contributed by atoms with Crippen LogP contribution in [0.4, 0.5) is 11.4 Å². The number of carbonyl (C=O) groups is 2. The van der Waals surface area contributed by atoms with Gasteiger partial charge in [0, 0.05) is 17.3 Å². The maximum atomic E-state index is 11.9. The topological polar surface area (TPSA) is 98.5 Å². The van der Waals surface area contributed by atoms with E-state index in [1.54, 1.807) is 37.3 Å². The van der Waals surface area contributed by atoms with E-state index in [1.807, 2.05) is 0 Å². The number of amides is 1. The smallest absolute Gasteiger partial charge is 0.338 e. The Labute approximate surface area is 132 Å². The summed E-state index contributed by atoms with van der Waals surface area (Å²) >= 11 is 0. The van der Waals surface area contributed by atoms with Gasteiger partial charge in [0.1, 0.15) is 0 Å². The molecule has 1 amide bonds. The molecule has 0 spiro atoms. The number of esters is 1. The molecule has 0 radical (unpaired) electrons. The van der Waals surface area contributed by atoms with Crippen molar-refractivity contribution in [2.45, 2.75) is 6.92 Å². The number of nitrogens with one attached hydrogen (secondary N) is 1. The van der Waals surface area contributed by atoms with Crippen molar-refractivity contribution in [3.8, 4) is 0 Å². The molecule has 118 valence electrons. The maximum absolute atomic E-state index is 11.9. The number of nitrogens with zero attached hydrogens (tertiary/aromatic N) is 1. The first-order chi connectivity index (χ1) is 11.0. The van der Waals surface area contributed by atoms with Gasteiger partial charge in [-0.3, -0.25) is 14.9 Å². The molecule has 0 aliphatic carbocycles. The summed E-state index contributed by atoms with van der Waals surface area (Å²) in [6.45, 7) is 1.09. The number of hydrogen-bond acceptors (Lipinski definition) is 5. The number of carbonyl (C=O) groups excluding carboxylic acids is 2. The molecule has 0 atom stereocenters. The van der Waals surface area contributed by atoms with E-state index in [4.69, 9.17) is 4.74 Å². The highest BCUT2D eigenvalue weighted by Gasteiger charge is 2.16. The second-order valence-corrected chi connectivity index (χ2v) is 4.75. The minimum atomic E-state index is -0.795. The number of para-hydroxylation sites is 1. The monoisotopic (exact) mass is 314 g/mol. The summed E-state index contributed by atoms with van der Waals surface area (Å²) < 4.78 is 4.86. The van der Waals surface area contributed by atoms with Crippen LogP contribution >= 0.6 is 0 Å². The van der Waals surface area contributed by atoms with Crippen LogP contribution in [0.5, 0.6) is 0 Å². The molecule has 2 rings (SSSR count). The first kappa shape index (κ1) is 16.2. The van der Waals surface area contributed by atoms with E-state index < -0.39 is 23.4 Å². The Bertz CT molecular complexity index is 743. The molecule has 2 aromatic rings. The van der Waals surface area contributed by atoms with Crippen molar-refractivity contribution >= 4 is 23.3 Å². The summed E-state index contributed by atoms with van der Waals surface area (Å²) in [6.07, 6.45) is 0. The zero-order valence-electron chi connectivity index (χ0n) is 12.3. The quantitative estimate of drug-likeness (QED) is 0.519. The van der Waals surface area contributed by atoms with E-state index >= 15 is 0 Å². The van der Waals surface area contributed by atoms with Gasteiger partial charge in [-0.15, -0.1) is 0 Å². The molecule has 0 aliphatic rings. The minimum Gasteiger partial charge on any atom is -0.452 e. The van der Waals surface area contributed by atoms with Crippen molar-refractivity contribution in [2.24, 2.45) is 0 Å². The van der Waals surface area contributed by atoms with Crippen LogP contribution in [0.15, 0.2) is 48.5 Å². The van der Waals surface area contributed by atoms with Gasteiger partial charge in [-0.1, -0.05) is 24.3 Å². The SMILES string of the molecule is Cc1ccc(C(=O)OCC(=O)Nc2ccccc2)cc1[N+](=O)[O-]. The normalized spacial score (nSPS) is 9.96. The Hall–Kier alpha value is -3.22. The van der Waals surface area contributed by atoms with E-state index in [-0.39, 0.29) is 11.3 Å². The lowest BCUT2D eigenvalue weighted by atomic mass is 10.1. The molecular weight excluding hydrogens is 300 g/mol. The third kappa shape index (κ3) is 4.37. The van der Waals surface area contributed by atoms with E-state index in [0.717, 1.165) is 6.07 Å². The number of nitro benzene ring substituents is 1. The molecule has 23 heavy (non-hydrogen) atoms. The van der Waals surface area contributed by atoms with Crippen molar-refractivity contribution in [1.82, 2.24) is 0 Å². The van der Waals surface area contributed by atoms with Crippen LogP contribution in [0.3, 0.4) is 0 Å². The van der Waals surface area contributed by atoms with E-state index in [0.29, 0.717) is 11.3 Å². The van der Waals surface area contributed by atoms with Gasteiger partial charge in [-0.2, -0.15) is 0 Å². The standard InChI is InChI=1S/C16H14N2O5/c1-11-7-8-12(9-14(11)18(21)22)16(20)23-10-15(19)17-13-5-3-2-4-6-13/h2-9H,10H2,1H3,(H,17,19). The summed E-state index contributed by atoms with van der Waals surface area (Å²) in [6, 6.07) is 12.7. The van der Waals surface area contributed by atoms with E-state index in [1.165, 1.54) is 12.1 Å². The lowest BCUT2D eigenvalue weighted by Crippen LogP contribution is -2.20. The fourth-order valence-electron chi connectivity index (χ4n) is 1.87. The number of benzene rings is 2. The first-order valence-corrected chi connectivity index (χ1v) is 6.74.